The number of aromatic amines is 1. The zero-order valence-electron chi connectivity index (χ0n) is 12.9. The van der Waals surface area contributed by atoms with Crippen LogP contribution in [0.5, 0.6) is 0 Å². The number of hydrogen-bond donors (Lipinski definition) is 1. The molecule has 0 amide bonds. The van der Waals surface area contributed by atoms with Crippen LogP contribution in [-0.2, 0) is 19.4 Å². The molecule has 21 heavy (non-hydrogen) atoms. The Hall–Kier alpha value is -0.940. The van der Waals surface area contributed by atoms with Gasteiger partial charge in [0.2, 0.25) is 0 Å². The average molecular weight is 322 g/mol. The number of aromatic nitrogens is 2. The maximum absolute atomic E-state index is 12.9. The van der Waals surface area contributed by atoms with Crippen LogP contribution < -0.4 is 5.56 Å². The summed E-state index contributed by atoms with van der Waals surface area (Å²) in [5.41, 5.74) is 1.39. The summed E-state index contributed by atoms with van der Waals surface area (Å²) in [6.45, 7) is 7.34. The van der Waals surface area contributed by atoms with Crippen LogP contribution in [0.3, 0.4) is 0 Å². The molecule has 3 nitrogen and oxygen atoms in total. The molecular weight excluding hydrogens is 300 g/mol. The highest BCUT2D eigenvalue weighted by Gasteiger charge is 2.23. The van der Waals surface area contributed by atoms with Crippen LogP contribution in [0.2, 0.25) is 0 Å². The standard InChI is InChI=1S/C16H22N2OS2/c1-9(2)6-7-18-15(19)13-11-5-4-10(3)8-12(11)21-14(13)17-16(18)20/h9-10H,4-8H2,1-3H3,(H,17,20)/t10-/m1/s1. The molecule has 1 aliphatic rings. The topological polar surface area (TPSA) is 37.8 Å². The van der Waals surface area contributed by atoms with Gasteiger partial charge in [-0.2, -0.15) is 0 Å². The Labute approximate surface area is 134 Å². The van der Waals surface area contributed by atoms with Crippen LogP contribution in [-0.4, -0.2) is 9.55 Å². The molecule has 0 saturated carbocycles. The van der Waals surface area contributed by atoms with Gasteiger partial charge in [-0.3, -0.25) is 9.36 Å². The number of nitrogens with zero attached hydrogens (tertiary/aromatic N) is 1. The lowest BCUT2D eigenvalue weighted by atomic mass is 9.89. The fourth-order valence-electron chi connectivity index (χ4n) is 3.05. The van der Waals surface area contributed by atoms with E-state index in [0.29, 0.717) is 17.2 Å². The first kappa shape index (κ1) is 15.0. The molecule has 5 heteroatoms. The van der Waals surface area contributed by atoms with Crippen molar-refractivity contribution in [1.29, 1.82) is 0 Å². The fourth-order valence-corrected chi connectivity index (χ4v) is 4.79. The molecular formula is C16H22N2OS2. The highest BCUT2D eigenvalue weighted by Crippen LogP contribution is 2.35. The van der Waals surface area contributed by atoms with Gasteiger partial charge in [0.1, 0.15) is 4.83 Å². The number of thiophene rings is 1. The van der Waals surface area contributed by atoms with Gasteiger partial charge in [-0.1, -0.05) is 20.8 Å². The van der Waals surface area contributed by atoms with Gasteiger partial charge in [0.25, 0.3) is 5.56 Å². The summed E-state index contributed by atoms with van der Waals surface area (Å²) in [6.07, 6.45) is 4.29. The summed E-state index contributed by atoms with van der Waals surface area (Å²) in [6, 6.07) is 0. The van der Waals surface area contributed by atoms with Gasteiger partial charge in [-0.05, 0) is 55.3 Å². The Kier molecular flexibility index (Phi) is 4.06. The van der Waals surface area contributed by atoms with Crippen molar-refractivity contribution in [1.82, 2.24) is 9.55 Å². The molecule has 2 heterocycles. The molecule has 0 unspecified atom stereocenters. The van der Waals surface area contributed by atoms with Crippen LogP contribution in [0, 0.1) is 16.6 Å². The predicted molar refractivity (Wildman–Crippen MR) is 91.9 cm³/mol. The highest BCUT2D eigenvalue weighted by molar-refractivity contribution is 7.71. The molecule has 2 aromatic rings. The van der Waals surface area contributed by atoms with Crippen molar-refractivity contribution in [2.24, 2.45) is 11.8 Å². The summed E-state index contributed by atoms with van der Waals surface area (Å²) in [7, 11) is 0. The van der Waals surface area contributed by atoms with Crippen molar-refractivity contribution >= 4 is 33.8 Å². The minimum Gasteiger partial charge on any atom is -0.323 e. The van der Waals surface area contributed by atoms with Gasteiger partial charge in [-0.25, -0.2) is 0 Å². The van der Waals surface area contributed by atoms with Gasteiger partial charge < -0.3 is 4.98 Å². The Morgan fingerprint density at radius 2 is 2.24 bits per heavy atom. The Morgan fingerprint density at radius 3 is 2.95 bits per heavy atom. The summed E-state index contributed by atoms with van der Waals surface area (Å²) < 4.78 is 2.32. The maximum Gasteiger partial charge on any atom is 0.263 e. The first-order chi connectivity index (χ1) is 9.97. The molecule has 1 aliphatic carbocycles. The molecule has 0 aromatic carbocycles. The van der Waals surface area contributed by atoms with Crippen LogP contribution >= 0.6 is 23.6 Å². The van der Waals surface area contributed by atoms with E-state index >= 15 is 0 Å². The van der Waals surface area contributed by atoms with E-state index in [4.69, 9.17) is 12.2 Å². The van der Waals surface area contributed by atoms with Gasteiger partial charge in [0, 0.05) is 11.4 Å². The number of fused-ring (bicyclic) bond motifs is 3. The normalized spacial score (nSPS) is 18.4. The third-order valence-electron chi connectivity index (χ3n) is 4.37. The van der Waals surface area contributed by atoms with Gasteiger partial charge in [-0.15, -0.1) is 11.3 Å². The van der Waals surface area contributed by atoms with Crippen molar-refractivity contribution in [2.75, 3.05) is 0 Å². The molecule has 1 N–H and O–H groups in total. The Morgan fingerprint density at radius 1 is 1.48 bits per heavy atom. The first-order valence-electron chi connectivity index (χ1n) is 7.74. The van der Waals surface area contributed by atoms with E-state index in [2.05, 4.69) is 25.8 Å². The third kappa shape index (κ3) is 2.73. The smallest absolute Gasteiger partial charge is 0.263 e. The van der Waals surface area contributed by atoms with Gasteiger partial charge in [0.15, 0.2) is 4.77 Å². The maximum atomic E-state index is 12.9. The largest absolute Gasteiger partial charge is 0.323 e. The average Bonchev–Trinajstić information content (AvgIpc) is 2.74. The van der Waals surface area contributed by atoms with E-state index in [1.54, 1.807) is 15.9 Å². The lowest BCUT2D eigenvalue weighted by molar-refractivity contribution is 0.500. The van der Waals surface area contributed by atoms with Crippen molar-refractivity contribution < 1.29 is 0 Å². The Balaban J connectivity index is 2.15. The summed E-state index contributed by atoms with van der Waals surface area (Å²) in [5, 5.41) is 0.902. The van der Waals surface area contributed by atoms with Crippen molar-refractivity contribution in [3.63, 3.8) is 0 Å². The number of rotatable bonds is 3. The molecule has 0 fully saturated rings. The quantitative estimate of drug-likeness (QED) is 0.856. The second-order valence-corrected chi connectivity index (χ2v) is 8.12. The highest BCUT2D eigenvalue weighted by atomic mass is 32.1. The number of hydrogen-bond acceptors (Lipinski definition) is 3. The second-order valence-electron chi connectivity index (χ2n) is 6.63. The number of H-pyrrole nitrogens is 1. The molecule has 114 valence electrons. The van der Waals surface area contributed by atoms with Gasteiger partial charge >= 0.3 is 0 Å². The van der Waals surface area contributed by atoms with Crippen molar-refractivity contribution in [3.8, 4) is 0 Å². The summed E-state index contributed by atoms with van der Waals surface area (Å²) in [4.78, 5) is 18.5. The SMILES string of the molecule is CC(C)CCn1c(=S)[nH]c2sc3c(c2c1=O)CC[C@@H](C)C3. The molecule has 0 bridgehead atoms. The molecule has 0 saturated heterocycles. The number of aryl methyl sites for hydroxylation is 1. The van der Waals surface area contributed by atoms with Gasteiger partial charge in [0.05, 0.1) is 5.39 Å². The van der Waals surface area contributed by atoms with Crippen LogP contribution in [0.4, 0.5) is 0 Å². The van der Waals surface area contributed by atoms with Crippen molar-refractivity contribution in [3.05, 3.63) is 25.6 Å². The van der Waals surface area contributed by atoms with Crippen LogP contribution in [0.15, 0.2) is 4.79 Å². The monoisotopic (exact) mass is 322 g/mol. The van der Waals surface area contributed by atoms with E-state index in [-0.39, 0.29) is 5.56 Å². The minimum absolute atomic E-state index is 0.112. The first-order valence-corrected chi connectivity index (χ1v) is 8.97. The van der Waals surface area contributed by atoms with Crippen molar-refractivity contribution in [2.45, 2.75) is 53.0 Å². The molecule has 2 aromatic heterocycles. The molecule has 1 atom stereocenters. The van der Waals surface area contributed by atoms with E-state index in [0.717, 1.165) is 35.4 Å². The zero-order chi connectivity index (χ0) is 15.1. The van der Waals surface area contributed by atoms with E-state index in [1.165, 1.54) is 16.9 Å². The molecule has 0 radical (unpaired) electrons. The lowest BCUT2D eigenvalue weighted by Crippen LogP contribution is -2.23. The zero-order valence-corrected chi connectivity index (χ0v) is 14.5. The van der Waals surface area contributed by atoms with E-state index < -0.39 is 0 Å². The van der Waals surface area contributed by atoms with Crippen LogP contribution in [0.25, 0.3) is 10.2 Å². The minimum atomic E-state index is 0.112. The number of nitrogens with one attached hydrogen (secondary N) is 1. The Bertz CT molecular complexity index is 782. The predicted octanol–water partition coefficient (Wildman–Crippen LogP) is 4.29. The van der Waals surface area contributed by atoms with E-state index in [1.807, 2.05) is 0 Å². The van der Waals surface area contributed by atoms with Crippen LogP contribution in [0.1, 0.15) is 44.1 Å². The second kappa shape index (κ2) is 5.69. The summed E-state index contributed by atoms with van der Waals surface area (Å²) >= 11 is 7.13. The lowest BCUT2D eigenvalue weighted by Gasteiger charge is -2.17. The molecule has 0 spiro atoms. The molecule has 3 rings (SSSR count). The summed E-state index contributed by atoms with van der Waals surface area (Å²) in [5.74, 6) is 1.29. The fraction of sp³-hybridized carbons (Fsp3) is 0.625. The third-order valence-corrected chi connectivity index (χ3v) is 5.86. The molecule has 0 aliphatic heterocycles. The van der Waals surface area contributed by atoms with E-state index in [9.17, 15) is 4.79 Å².